The number of pyridine rings is 1. The van der Waals surface area contributed by atoms with Gasteiger partial charge in [0, 0.05) is 23.3 Å². The lowest BCUT2D eigenvalue weighted by atomic mass is 10.0. The number of hydrogen-bond donors (Lipinski definition) is 2. The Bertz CT molecular complexity index is 806. The molecule has 0 radical (unpaired) electrons. The summed E-state index contributed by atoms with van der Waals surface area (Å²) in [5.41, 5.74) is 4.38. The Morgan fingerprint density at radius 1 is 0.958 bits per heavy atom. The highest BCUT2D eigenvalue weighted by atomic mass is 35.5. The Hall–Kier alpha value is -2.10. The zero-order chi connectivity index (χ0) is 16.8. The Labute approximate surface area is 147 Å². The maximum atomic E-state index is 9.61. The van der Waals surface area contributed by atoms with Gasteiger partial charge in [-0.05, 0) is 36.6 Å². The molecule has 0 saturated carbocycles. The van der Waals surface area contributed by atoms with Crippen LogP contribution in [0.15, 0.2) is 60.7 Å². The highest BCUT2D eigenvalue weighted by Gasteiger charge is 2.06. The van der Waals surface area contributed by atoms with E-state index in [-0.39, 0.29) is 5.88 Å². The Morgan fingerprint density at radius 3 is 2.62 bits per heavy atom. The number of rotatable bonds is 7. The molecule has 3 nitrogen and oxygen atoms in total. The number of halogens is 1. The monoisotopic (exact) mass is 340 g/mol. The molecule has 0 aliphatic carbocycles. The number of aliphatic hydroxyl groups is 1. The van der Waals surface area contributed by atoms with Gasteiger partial charge in [0.25, 0.3) is 0 Å². The predicted octanol–water partition coefficient (Wildman–Crippen LogP) is 4.03. The molecule has 0 fully saturated rings. The summed E-state index contributed by atoms with van der Waals surface area (Å²) in [6.45, 7) is 0.453. The second-order valence-corrected chi connectivity index (χ2v) is 6.15. The molecule has 24 heavy (non-hydrogen) atoms. The zero-order valence-corrected chi connectivity index (χ0v) is 14.2. The summed E-state index contributed by atoms with van der Waals surface area (Å²) in [6.07, 6.45) is 1.23. The summed E-state index contributed by atoms with van der Waals surface area (Å²) in [4.78, 5) is 4.73. The first kappa shape index (κ1) is 16.7. The highest BCUT2D eigenvalue weighted by Crippen LogP contribution is 2.18. The molecule has 0 saturated heterocycles. The number of aryl methyl sites for hydroxylation is 2. The van der Waals surface area contributed by atoms with E-state index in [2.05, 4.69) is 29.6 Å². The number of nitrogens with zero attached hydrogens (tertiary/aromatic N) is 1. The molecule has 4 heteroatoms. The van der Waals surface area contributed by atoms with Crippen LogP contribution in [0.5, 0.6) is 0 Å². The van der Waals surface area contributed by atoms with Gasteiger partial charge in [0.1, 0.15) is 0 Å². The molecule has 1 aromatic heterocycles. The number of fused-ring (bicyclic) bond motifs is 1. The minimum atomic E-state index is -0.540. The molecular formula is C20H21ClN2O. The molecular weight excluding hydrogens is 320 g/mol. The number of hydrogen-bond acceptors (Lipinski definition) is 3. The molecule has 3 aromatic rings. The van der Waals surface area contributed by atoms with Crippen LogP contribution in [0.4, 0.5) is 5.69 Å². The number of aromatic nitrogens is 1. The van der Waals surface area contributed by atoms with Crippen LogP contribution in [0.25, 0.3) is 10.9 Å². The summed E-state index contributed by atoms with van der Waals surface area (Å²) in [5.74, 6) is 0.232. The molecule has 3 rings (SSSR count). The normalized spacial score (nSPS) is 12.2. The summed E-state index contributed by atoms with van der Waals surface area (Å²) in [6, 6.07) is 20.5. The lowest BCUT2D eigenvalue weighted by molar-refractivity contribution is 0.211. The second-order valence-electron chi connectivity index (χ2n) is 5.84. The van der Waals surface area contributed by atoms with E-state index in [0.29, 0.717) is 6.54 Å². The minimum absolute atomic E-state index is 0.232. The van der Waals surface area contributed by atoms with E-state index in [0.717, 1.165) is 29.7 Å². The molecule has 0 amide bonds. The maximum absolute atomic E-state index is 9.61. The van der Waals surface area contributed by atoms with Crippen molar-refractivity contribution in [2.75, 3.05) is 17.7 Å². The van der Waals surface area contributed by atoms with E-state index in [4.69, 9.17) is 16.6 Å². The number of benzene rings is 2. The van der Waals surface area contributed by atoms with Crippen LogP contribution in [0, 0.1) is 0 Å². The number of nitrogens with one attached hydrogen (secondary N) is 1. The molecule has 0 aliphatic heterocycles. The van der Waals surface area contributed by atoms with Gasteiger partial charge >= 0.3 is 0 Å². The minimum Gasteiger partial charge on any atom is -0.390 e. The quantitative estimate of drug-likeness (QED) is 0.638. The van der Waals surface area contributed by atoms with Crippen molar-refractivity contribution in [1.82, 2.24) is 4.98 Å². The van der Waals surface area contributed by atoms with Crippen molar-refractivity contribution in [2.45, 2.75) is 18.9 Å². The summed E-state index contributed by atoms with van der Waals surface area (Å²) in [5, 5.41) is 14.1. The van der Waals surface area contributed by atoms with E-state index in [1.54, 1.807) is 0 Å². The first-order valence-electron chi connectivity index (χ1n) is 8.17. The third-order valence-electron chi connectivity index (χ3n) is 4.03. The molecule has 0 spiro atoms. The van der Waals surface area contributed by atoms with Crippen molar-refractivity contribution < 1.29 is 5.11 Å². The molecule has 2 aromatic carbocycles. The van der Waals surface area contributed by atoms with Crippen molar-refractivity contribution in [1.29, 1.82) is 0 Å². The number of para-hydroxylation sites is 2. The van der Waals surface area contributed by atoms with Gasteiger partial charge in [0.05, 0.1) is 17.5 Å². The molecule has 1 heterocycles. The van der Waals surface area contributed by atoms with Gasteiger partial charge in [-0.1, -0.05) is 42.5 Å². The topological polar surface area (TPSA) is 45.1 Å². The fourth-order valence-corrected chi connectivity index (χ4v) is 2.81. The zero-order valence-electron chi connectivity index (χ0n) is 13.5. The standard InChI is InChI=1S/C20H21ClN2O/c21-13-18(24)14-22-19-7-3-1-5-15(19)9-11-17-12-10-16-6-2-4-8-20(16)23-17/h1-8,10,12,18,22,24H,9,11,13-14H2. The van der Waals surface area contributed by atoms with E-state index < -0.39 is 6.10 Å². The average Bonchev–Trinajstić information content (AvgIpc) is 2.64. The summed E-state index contributed by atoms with van der Waals surface area (Å²) < 4.78 is 0. The van der Waals surface area contributed by atoms with Gasteiger partial charge < -0.3 is 10.4 Å². The van der Waals surface area contributed by atoms with Gasteiger partial charge in [-0.25, -0.2) is 0 Å². The predicted molar refractivity (Wildman–Crippen MR) is 101 cm³/mol. The van der Waals surface area contributed by atoms with E-state index in [1.807, 2.05) is 36.4 Å². The van der Waals surface area contributed by atoms with Crippen molar-refractivity contribution >= 4 is 28.2 Å². The fourth-order valence-electron chi connectivity index (χ4n) is 2.70. The Balaban J connectivity index is 1.69. The molecule has 124 valence electrons. The number of aliphatic hydroxyl groups excluding tert-OH is 1. The first-order chi connectivity index (χ1) is 11.8. The first-order valence-corrected chi connectivity index (χ1v) is 8.70. The van der Waals surface area contributed by atoms with Crippen LogP contribution in [0.2, 0.25) is 0 Å². The third-order valence-corrected chi connectivity index (χ3v) is 4.39. The van der Waals surface area contributed by atoms with Crippen LogP contribution >= 0.6 is 11.6 Å². The maximum Gasteiger partial charge on any atom is 0.0847 e. The Morgan fingerprint density at radius 2 is 1.75 bits per heavy atom. The number of anilines is 1. The number of alkyl halides is 1. The van der Waals surface area contributed by atoms with E-state index in [1.165, 1.54) is 10.9 Å². The van der Waals surface area contributed by atoms with Gasteiger partial charge in [0.15, 0.2) is 0 Å². The van der Waals surface area contributed by atoms with E-state index >= 15 is 0 Å². The highest BCUT2D eigenvalue weighted by molar-refractivity contribution is 6.18. The third kappa shape index (κ3) is 4.25. The van der Waals surface area contributed by atoms with Gasteiger partial charge in [-0.3, -0.25) is 4.98 Å². The fraction of sp³-hybridized carbons (Fsp3) is 0.250. The lowest BCUT2D eigenvalue weighted by Gasteiger charge is -2.14. The van der Waals surface area contributed by atoms with Crippen LogP contribution in [0.1, 0.15) is 11.3 Å². The molecule has 2 N–H and O–H groups in total. The molecule has 0 aliphatic rings. The molecule has 0 bridgehead atoms. The van der Waals surface area contributed by atoms with Crippen molar-refractivity contribution in [3.63, 3.8) is 0 Å². The van der Waals surface area contributed by atoms with Crippen LogP contribution in [-0.4, -0.2) is 28.6 Å². The molecule has 1 atom stereocenters. The van der Waals surface area contributed by atoms with E-state index in [9.17, 15) is 5.11 Å². The molecule has 1 unspecified atom stereocenters. The van der Waals surface area contributed by atoms with Crippen molar-refractivity contribution in [3.05, 3.63) is 71.9 Å². The average molecular weight is 341 g/mol. The lowest BCUT2D eigenvalue weighted by Crippen LogP contribution is -2.21. The van der Waals surface area contributed by atoms with Gasteiger partial charge in [-0.15, -0.1) is 11.6 Å². The SMILES string of the molecule is OC(CCl)CNc1ccccc1CCc1ccc2ccccc2n1. The van der Waals surface area contributed by atoms with Crippen molar-refractivity contribution in [2.24, 2.45) is 0 Å². The van der Waals surface area contributed by atoms with Crippen LogP contribution < -0.4 is 5.32 Å². The van der Waals surface area contributed by atoms with Gasteiger partial charge in [-0.2, -0.15) is 0 Å². The van der Waals surface area contributed by atoms with Crippen LogP contribution in [-0.2, 0) is 12.8 Å². The van der Waals surface area contributed by atoms with Crippen molar-refractivity contribution in [3.8, 4) is 0 Å². The Kier molecular flexibility index (Phi) is 5.68. The largest absolute Gasteiger partial charge is 0.390 e. The second kappa shape index (κ2) is 8.13. The smallest absolute Gasteiger partial charge is 0.0847 e. The van der Waals surface area contributed by atoms with Gasteiger partial charge in [0.2, 0.25) is 0 Å². The summed E-state index contributed by atoms with van der Waals surface area (Å²) >= 11 is 5.65. The van der Waals surface area contributed by atoms with Crippen LogP contribution in [0.3, 0.4) is 0 Å². The summed E-state index contributed by atoms with van der Waals surface area (Å²) in [7, 11) is 0.